The molecular weight excluding hydrogens is 480 g/mol. The minimum atomic E-state index is -0.665. The van der Waals surface area contributed by atoms with Crippen molar-refractivity contribution in [2.75, 3.05) is 40.6 Å². The molecule has 4 bridgehead atoms. The normalized spacial score (nSPS) is 14.0. The van der Waals surface area contributed by atoms with Gasteiger partial charge in [0.2, 0.25) is 0 Å². The predicted octanol–water partition coefficient (Wildman–Crippen LogP) is 4.21. The second-order valence-electron chi connectivity index (χ2n) is 7.99. The number of carbonyl (C=O) groups is 2. The van der Waals surface area contributed by atoms with Crippen LogP contribution < -0.4 is 18.9 Å². The third kappa shape index (κ3) is 6.92. The second kappa shape index (κ2) is 12.6. The average Bonchev–Trinajstić information content (AvgIpc) is 2.93. The number of rotatable bonds is 2. The van der Waals surface area contributed by atoms with E-state index in [1.165, 1.54) is 14.2 Å². The Morgan fingerprint density at radius 3 is 1.41 bits per heavy atom. The van der Waals surface area contributed by atoms with Gasteiger partial charge >= 0.3 is 11.9 Å². The van der Waals surface area contributed by atoms with Crippen molar-refractivity contribution in [3.63, 3.8) is 0 Å². The topological polar surface area (TPSA) is 98.8 Å². The number of benzene rings is 3. The monoisotopic (exact) mass is 508 g/mol. The summed E-state index contributed by atoms with van der Waals surface area (Å²) in [6.07, 6.45) is 0. The zero-order chi connectivity index (χ0) is 26.0. The standard InChI is InChI=1S/C28H28O9/c1-31-27(29)25-13-19-17-36-23-7-3-5-21(15-23)34-11-9-33-10-12-35-22-6-4-8-24(16-22)37-18-20(19)14-26(25)28(30)32-2/h3-8,13-16H,9-12,17-18H2,1-2H3. The molecule has 0 spiro atoms. The van der Waals surface area contributed by atoms with Gasteiger partial charge in [-0.2, -0.15) is 0 Å². The highest BCUT2D eigenvalue weighted by molar-refractivity contribution is 6.03. The van der Waals surface area contributed by atoms with Crippen LogP contribution in [-0.2, 0) is 27.4 Å². The molecular formula is C28H28O9. The number of carbonyl (C=O) groups excluding carboxylic acids is 2. The lowest BCUT2D eigenvalue weighted by Crippen LogP contribution is -2.15. The molecule has 4 rings (SSSR count). The minimum Gasteiger partial charge on any atom is -0.491 e. The highest BCUT2D eigenvalue weighted by Crippen LogP contribution is 2.26. The molecule has 0 unspecified atom stereocenters. The molecule has 3 aromatic carbocycles. The summed E-state index contributed by atoms with van der Waals surface area (Å²) in [7, 11) is 2.50. The SMILES string of the molecule is COC(=O)c1cc2c(cc1C(=O)OC)COc1cccc(c1)OCCOCCOc1cccc(c1)OC2. The lowest BCUT2D eigenvalue weighted by molar-refractivity contribution is 0.0554. The van der Waals surface area contributed by atoms with Crippen LogP contribution >= 0.6 is 0 Å². The fourth-order valence-electron chi connectivity index (χ4n) is 3.68. The Morgan fingerprint density at radius 1 is 0.595 bits per heavy atom. The van der Waals surface area contributed by atoms with E-state index in [2.05, 4.69) is 0 Å². The molecule has 1 aliphatic rings. The first kappa shape index (κ1) is 25.8. The van der Waals surface area contributed by atoms with Gasteiger partial charge in [-0.15, -0.1) is 0 Å². The van der Waals surface area contributed by atoms with E-state index >= 15 is 0 Å². The molecule has 3 aromatic rings. The number of esters is 2. The van der Waals surface area contributed by atoms with E-state index in [1.54, 1.807) is 36.4 Å². The summed E-state index contributed by atoms with van der Waals surface area (Å²) in [5, 5.41) is 0. The van der Waals surface area contributed by atoms with Crippen molar-refractivity contribution >= 4 is 11.9 Å². The number of ether oxygens (including phenoxy) is 7. The molecule has 0 saturated carbocycles. The number of hydrogen-bond acceptors (Lipinski definition) is 9. The van der Waals surface area contributed by atoms with Crippen LogP contribution in [0.25, 0.3) is 0 Å². The van der Waals surface area contributed by atoms with Crippen LogP contribution in [0.2, 0.25) is 0 Å². The Morgan fingerprint density at radius 2 is 1.00 bits per heavy atom. The van der Waals surface area contributed by atoms with Crippen LogP contribution in [0.3, 0.4) is 0 Å². The van der Waals surface area contributed by atoms with Crippen molar-refractivity contribution < 1.29 is 42.7 Å². The summed E-state index contributed by atoms with van der Waals surface area (Å²) >= 11 is 0. The molecule has 0 aromatic heterocycles. The first-order chi connectivity index (χ1) is 18.1. The molecule has 0 atom stereocenters. The van der Waals surface area contributed by atoms with Gasteiger partial charge < -0.3 is 33.2 Å². The van der Waals surface area contributed by atoms with Crippen LogP contribution in [0, 0.1) is 0 Å². The Kier molecular flexibility index (Phi) is 8.83. The van der Waals surface area contributed by atoms with Gasteiger partial charge in [-0.3, -0.25) is 0 Å². The quantitative estimate of drug-likeness (QED) is 0.472. The minimum absolute atomic E-state index is 0.0718. The van der Waals surface area contributed by atoms with Gasteiger partial charge in [0.05, 0.1) is 38.6 Å². The third-order valence-corrected chi connectivity index (χ3v) is 5.54. The highest BCUT2D eigenvalue weighted by Gasteiger charge is 2.22. The van der Waals surface area contributed by atoms with Gasteiger partial charge in [0.1, 0.15) is 49.4 Å². The van der Waals surface area contributed by atoms with Gasteiger partial charge in [-0.1, -0.05) is 12.1 Å². The van der Waals surface area contributed by atoms with Crippen LogP contribution in [0.1, 0.15) is 31.8 Å². The third-order valence-electron chi connectivity index (χ3n) is 5.54. The summed E-state index contributed by atoms with van der Waals surface area (Å²) in [5.41, 5.74) is 1.42. The molecule has 1 aliphatic heterocycles. The Hall–Kier alpha value is -4.24. The maximum atomic E-state index is 12.5. The summed E-state index contributed by atoms with van der Waals surface area (Å²) < 4.78 is 38.9. The highest BCUT2D eigenvalue weighted by atomic mass is 16.5. The lowest BCUT2D eigenvalue weighted by Gasteiger charge is -2.16. The molecule has 9 heteroatoms. The molecule has 0 saturated heterocycles. The molecule has 0 radical (unpaired) electrons. The Bertz CT molecular complexity index is 1140. The van der Waals surface area contributed by atoms with Crippen molar-refractivity contribution in [3.05, 3.63) is 82.9 Å². The largest absolute Gasteiger partial charge is 0.491 e. The van der Waals surface area contributed by atoms with E-state index < -0.39 is 11.9 Å². The van der Waals surface area contributed by atoms with Crippen LogP contribution in [-0.4, -0.2) is 52.6 Å². The van der Waals surface area contributed by atoms with Crippen molar-refractivity contribution in [3.8, 4) is 23.0 Å². The Labute approximate surface area is 214 Å². The van der Waals surface area contributed by atoms with Crippen LogP contribution in [0.5, 0.6) is 23.0 Å². The molecule has 0 aliphatic carbocycles. The first-order valence-corrected chi connectivity index (χ1v) is 11.7. The van der Waals surface area contributed by atoms with Crippen LogP contribution in [0.4, 0.5) is 0 Å². The summed E-state index contributed by atoms with van der Waals surface area (Å²) in [6, 6.07) is 17.6. The molecule has 0 fully saturated rings. The van der Waals surface area contributed by atoms with E-state index in [0.29, 0.717) is 60.6 Å². The number of hydrogen-bond donors (Lipinski definition) is 0. The average molecular weight is 509 g/mol. The van der Waals surface area contributed by atoms with Crippen molar-refractivity contribution in [1.29, 1.82) is 0 Å². The number of methoxy groups -OCH3 is 2. The first-order valence-electron chi connectivity index (χ1n) is 11.7. The van der Waals surface area contributed by atoms with Crippen molar-refractivity contribution in [2.45, 2.75) is 13.2 Å². The zero-order valence-corrected chi connectivity index (χ0v) is 20.7. The van der Waals surface area contributed by atoms with E-state index in [9.17, 15) is 9.59 Å². The van der Waals surface area contributed by atoms with Gasteiger partial charge in [-0.05, 0) is 47.5 Å². The van der Waals surface area contributed by atoms with Gasteiger partial charge in [0.15, 0.2) is 0 Å². The molecule has 194 valence electrons. The smallest absolute Gasteiger partial charge is 0.338 e. The van der Waals surface area contributed by atoms with Crippen LogP contribution in [0.15, 0.2) is 60.7 Å². The predicted molar refractivity (Wildman–Crippen MR) is 132 cm³/mol. The molecule has 9 nitrogen and oxygen atoms in total. The van der Waals surface area contributed by atoms with Crippen molar-refractivity contribution in [2.24, 2.45) is 0 Å². The molecule has 1 heterocycles. The van der Waals surface area contributed by atoms with Gasteiger partial charge in [0.25, 0.3) is 0 Å². The zero-order valence-electron chi connectivity index (χ0n) is 20.7. The maximum Gasteiger partial charge on any atom is 0.338 e. The second-order valence-corrected chi connectivity index (χ2v) is 7.99. The van der Waals surface area contributed by atoms with Crippen molar-refractivity contribution in [1.82, 2.24) is 0 Å². The maximum absolute atomic E-state index is 12.5. The number of fused-ring (bicyclic) bond motifs is 5. The summed E-state index contributed by atoms with van der Waals surface area (Å²) in [5.74, 6) is 1.07. The van der Waals surface area contributed by atoms with Gasteiger partial charge in [0, 0.05) is 12.1 Å². The molecule has 0 N–H and O–H groups in total. The van der Waals surface area contributed by atoms with E-state index in [0.717, 1.165) is 0 Å². The fraction of sp³-hybridized carbons (Fsp3) is 0.286. The summed E-state index contributed by atoms with van der Waals surface area (Å²) in [6.45, 7) is 1.75. The fourth-order valence-corrected chi connectivity index (χ4v) is 3.68. The Balaban J connectivity index is 1.70. The summed E-state index contributed by atoms with van der Waals surface area (Å²) in [4.78, 5) is 25.0. The molecule has 37 heavy (non-hydrogen) atoms. The van der Waals surface area contributed by atoms with E-state index in [1.807, 2.05) is 24.3 Å². The van der Waals surface area contributed by atoms with E-state index in [4.69, 9.17) is 33.2 Å². The van der Waals surface area contributed by atoms with Gasteiger partial charge in [-0.25, -0.2) is 9.59 Å². The van der Waals surface area contributed by atoms with E-state index in [-0.39, 0.29) is 24.3 Å². The lowest BCUT2D eigenvalue weighted by atomic mass is 9.98. The molecule has 0 amide bonds.